The average Bonchev–Trinajstić information content (AvgIpc) is 2.48. The number of pyridine rings is 1. The van der Waals surface area contributed by atoms with Crippen molar-refractivity contribution in [1.29, 1.82) is 0 Å². The van der Waals surface area contributed by atoms with Crippen LogP contribution in [0.5, 0.6) is 0 Å². The van der Waals surface area contributed by atoms with Crippen LogP contribution in [-0.2, 0) is 6.42 Å². The molecule has 5 heteroatoms. The minimum absolute atomic E-state index is 0.305. The summed E-state index contributed by atoms with van der Waals surface area (Å²) in [5.41, 5.74) is 1.08. The summed E-state index contributed by atoms with van der Waals surface area (Å²) in [4.78, 5) is 13.3. The van der Waals surface area contributed by atoms with Gasteiger partial charge in [0, 0.05) is 43.9 Å². The topological polar surface area (TPSA) is 62.7 Å². The second-order valence-electron chi connectivity index (χ2n) is 4.90. The van der Waals surface area contributed by atoms with Gasteiger partial charge in [0.2, 0.25) is 0 Å². The molecule has 20 heavy (non-hydrogen) atoms. The maximum Gasteiger partial charge on any atom is 0.135 e. The molecular formula is C15H21N5. The molecule has 2 aromatic heterocycles. The third-order valence-electron chi connectivity index (χ3n) is 2.93. The average molecular weight is 271 g/mol. The summed E-state index contributed by atoms with van der Waals surface area (Å²) in [5.74, 6) is 2.84. The molecule has 0 aromatic carbocycles. The van der Waals surface area contributed by atoms with Crippen molar-refractivity contribution < 1.29 is 0 Å². The molecule has 0 aliphatic heterocycles. The van der Waals surface area contributed by atoms with Crippen LogP contribution in [0.15, 0.2) is 30.5 Å². The van der Waals surface area contributed by atoms with Gasteiger partial charge in [0.25, 0.3) is 0 Å². The molecule has 0 saturated carbocycles. The lowest BCUT2D eigenvalue weighted by Crippen LogP contribution is -2.10. The summed E-state index contributed by atoms with van der Waals surface area (Å²) in [6, 6.07) is 7.88. The fraction of sp³-hybridized carbons (Fsp3) is 0.400. The molecule has 0 unspecified atom stereocenters. The third kappa shape index (κ3) is 3.91. The molecular weight excluding hydrogens is 250 g/mol. The predicted molar refractivity (Wildman–Crippen MR) is 82.1 cm³/mol. The first-order valence-electron chi connectivity index (χ1n) is 6.89. The molecule has 2 rings (SSSR count). The fourth-order valence-corrected chi connectivity index (χ4v) is 1.81. The van der Waals surface area contributed by atoms with Crippen molar-refractivity contribution in [3.8, 4) is 0 Å². The molecule has 0 fully saturated rings. The van der Waals surface area contributed by atoms with Crippen molar-refractivity contribution >= 4 is 11.6 Å². The van der Waals surface area contributed by atoms with Crippen molar-refractivity contribution in [3.05, 3.63) is 42.0 Å². The van der Waals surface area contributed by atoms with E-state index in [2.05, 4.69) is 39.4 Å². The zero-order valence-corrected chi connectivity index (χ0v) is 12.2. The van der Waals surface area contributed by atoms with Crippen LogP contribution in [0.2, 0.25) is 0 Å². The van der Waals surface area contributed by atoms with Gasteiger partial charge in [0.1, 0.15) is 17.5 Å². The van der Waals surface area contributed by atoms with Gasteiger partial charge in [-0.15, -0.1) is 0 Å². The van der Waals surface area contributed by atoms with E-state index in [9.17, 15) is 0 Å². The minimum Gasteiger partial charge on any atom is -0.373 e. The van der Waals surface area contributed by atoms with E-state index in [0.29, 0.717) is 5.92 Å². The molecule has 0 radical (unpaired) electrons. The van der Waals surface area contributed by atoms with Gasteiger partial charge >= 0.3 is 0 Å². The first-order chi connectivity index (χ1) is 9.69. The van der Waals surface area contributed by atoms with E-state index < -0.39 is 0 Å². The van der Waals surface area contributed by atoms with Crippen LogP contribution in [0.3, 0.4) is 0 Å². The van der Waals surface area contributed by atoms with Crippen LogP contribution >= 0.6 is 0 Å². The van der Waals surface area contributed by atoms with Crippen molar-refractivity contribution in [3.63, 3.8) is 0 Å². The fourth-order valence-electron chi connectivity index (χ4n) is 1.81. The Hall–Kier alpha value is -2.17. The van der Waals surface area contributed by atoms with E-state index in [1.807, 2.05) is 37.5 Å². The van der Waals surface area contributed by atoms with Gasteiger partial charge in [0.15, 0.2) is 0 Å². The van der Waals surface area contributed by atoms with E-state index in [-0.39, 0.29) is 0 Å². The molecule has 2 N–H and O–H groups in total. The Morgan fingerprint density at radius 3 is 2.60 bits per heavy atom. The highest BCUT2D eigenvalue weighted by Gasteiger charge is 2.07. The summed E-state index contributed by atoms with van der Waals surface area (Å²) in [6.45, 7) is 4.98. The Bertz CT molecular complexity index is 539. The standard InChI is InChI=1S/C15H21N5/c1-11(2)15-19-13(16-3)10-14(20-15)18-9-7-12-6-4-5-8-17-12/h4-6,8,10-11H,7,9H2,1-3H3,(H2,16,18,19,20). The highest BCUT2D eigenvalue weighted by molar-refractivity contribution is 5.47. The van der Waals surface area contributed by atoms with E-state index in [1.165, 1.54) is 0 Å². The number of nitrogens with zero attached hydrogens (tertiary/aromatic N) is 3. The first-order valence-corrected chi connectivity index (χ1v) is 6.89. The van der Waals surface area contributed by atoms with Crippen LogP contribution in [0.25, 0.3) is 0 Å². The molecule has 0 bridgehead atoms. The SMILES string of the molecule is CNc1cc(NCCc2ccccn2)nc(C(C)C)n1. The molecule has 0 amide bonds. The van der Waals surface area contributed by atoms with Crippen LogP contribution in [0.1, 0.15) is 31.3 Å². The lowest BCUT2D eigenvalue weighted by Gasteiger charge is -2.11. The molecule has 0 aliphatic rings. The Balaban J connectivity index is 2.00. The Morgan fingerprint density at radius 1 is 1.15 bits per heavy atom. The summed E-state index contributed by atoms with van der Waals surface area (Å²) in [6.07, 6.45) is 2.69. The van der Waals surface area contributed by atoms with E-state index in [1.54, 1.807) is 0 Å². The maximum absolute atomic E-state index is 4.53. The van der Waals surface area contributed by atoms with Gasteiger partial charge < -0.3 is 10.6 Å². The van der Waals surface area contributed by atoms with Crippen LogP contribution in [-0.4, -0.2) is 28.5 Å². The third-order valence-corrected chi connectivity index (χ3v) is 2.93. The Labute approximate surface area is 119 Å². The first kappa shape index (κ1) is 14.2. The van der Waals surface area contributed by atoms with E-state index in [0.717, 1.165) is 36.1 Å². The summed E-state index contributed by atoms with van der Waals surface area (Å²) in [5, 5.41) is 6.40. The number of nitrogens with one attached hydrogen (secondary N) is 2. The van der Waals surface area contributed by atoms with Gasteiger partial charge in [0.05, 0.1) is 0 Å². The van der Waals surface area contributed by atoms with Gasteiger partial charge in [-0.05, 0) is 12.1 Å². The quantitative estimate of drug-likeness (QED) is 0.845. The van der Waals surface area contributed by atoms with Gasteiger partial charge in [-0.25, -0.2) is 9.97 Å². The smallest absolute Gasteiger partial charge is 0.135 e. The van der Waals surface area contributed by atoms with E-state index in [4.69, 9.17) is 0 Å². The lowest BCUT2D eigenvalue weighted by molar-refractivity contribution is 0.775. The van der Waals surface area contributed by atoms with Gasteiger partial charge in [-0.3, -0.25) is 4.98 Å². The monoisotopic (exact) mass is 271 g/mol. The maximum atomic E-state index is 4.53. The molecule has 5 nitrogen and oxygen atoms in total. The molecule has 2 aromatic rings. The van der Waals surface area contributed by atoms with Crippen molar-refractivity contribution in [1.82, 2.24) is 15.0 Å². The molecule has 0 spiro atoms. The minimum atomic E-state index is 0.305. The second-order valence-corrected chi connectivity index (χ2v) is 4.90. The molecule has 106 valence electrons. The zero-order valence-electron chi connectivity index (χ0n) is 12.2. The molecule has 0 saturated heterocycles. The summed E-state index contributed by atoms with van der Waals surface area (Å²) >= 11 is 0. The van der Waals surface area contributed by atoms with Crippen molar-refractivity contribution in [2.24, 2.45) is 0 Å². The van der Waals surface area contributed by atoms with Crippen LogP contribution < -0.4 is 10.6 Å². The summed E-state index contributed by atoms with van der Waals surface area (Å²) in [7, 11) is 1.87. The highest BCUT2D eigenvalue weighted by Crippen LogP contribution is 2.16. The Morgan fingerprint density at radius 2 is 1.95 bits per heavy atom. The molecule has 0 atom stereocenters. The van der Waals surface area contributed by atoms with Crippen LogP contribution in [0.4, 0.5) is 11.6 Å². The largest absolute Gasteiger partial charge is 0.373 e. The lowest BCUT2D eigenvalue weighted by atomic mass is 10.2. The number of hydrogen-bond donors (Lipinski definition) is 2. The second kappa shape index (κ2) is 6.84. The normalized spacial score (nSPS) is 10.6. The number of hydrogen-bond acceptors (Lipinski definition) is 5. The van der Waals surface area contributed by atoms with Gasteiger partial charge in [-0.2, -0.15) is 0 Å². The predicted octanol–water partition coefficient (Wildman–Crippen LogP) is 2.69. The summed E-state index contributed by atoms with van der Waals surface area (Å²) < 4.78 is 0. The highest BCUT2D eigenvalue weighted by atomic mass is 15.1. The number of aromatic nitrogens is 3. The molecule has 0 aliphatic carbocycles. The van der Waals surface area contributed by atoms with E-state index >= 15 is 0 Å². The van der Waals surface area contributed by atoms with Crippen LogP contribution in [0, 0.1) is 0 Å². The van der Waals surface area contributed by atoms with Crippen molar-refractivity contribution in [2.45, 2.75) is 26.2 Å². The number of rotatable bonds is 6. The number of anilines is 2. The van der Waals surface area contributed by atoms with Crippen molar-refractivity contribution in [2.75, 3.05) is 24.2 Å². The van der Waals surface area contributed by atoms with Gasteiger partial charge in [-0.1, -0.05) is 19.9 Å². The zero-order chi connectivity index (χ0) is 14.4. The molecule has 2 heterocycles. The Kier molecular flexibility index (Phi) is 4.87.